The highest BCUT2D eigenvalue weighted by molar-refractivity contribution is 6.22. The number of nitrogens with one attached hydrogen (secondary N) is 1. The Morgan fingerprint density at radius 2 is 0.936 bits per heavy atom. The molecule has 47 heavy (non-hydrogen) atoms. The van der Waals surface area contributed by atoms with Gasteiger partial charge in [-0.25, -0.2) is 9.98 Å². The van der Waals surface area contributed by atoms with E-state index in [1.165, 1.54) is 16.5 Å². The predicted molar refractivity (Wildman–Crippen MR) is 192 cm³/mol. The van der Waals surface area contributed by atoms with Gasteiger partial charge in [0.15, 0.2) is 6.17 Å². The number of nitrogens with zero attached hydrogens (tertiary/aromatic N) is 2. The quantitative estimate of drug-likeness (QED) is 0.218. The highest BCUT2D eigenvalue weighted by Crippen LogP contribution is 2.47. The Hall–Kier alpha value is -6.26. The molecule has 0 aromatic heterocycles. The van der Waals surface area contributed by atoms with Crippen molar-refractivity contribution in [3.05, 3.63) is 180 Å². The van der Waals surface area contributed by atoms with Crippen molar-refractivity contribution in [1.29, 1.82) is 0 Å². The van der Waals surface area contributed by atoms with Crippen LogP contribution in [-0.2, 0) is 0 Å². The summed E-state index contributed by atoms with van der Waals surface area (Å²) in [5, 5.41) is 5.92. The van der Waals surface area contributed by atoms with Crippen LogP contribution in [-0.4, -0.2) is 11.7 Å². The summed E-state index contributed by atoms with van der Waals surface area (Å²) < 4.78 is 6.53. The van der Waals surface area contributed by atoms with Crippen molar-refractivity contribution < 1.29 is 4.74 Å². The third-order valence-corrected chi connectivity index (χ3v) is 8.97. The third kappa shape index (κ3) is 4.79. The lowest BCUT2D eigenvalue weighted by molar-refractivity contribution is 0.486. The van der Waals surface area contributed by atoms with E-state index in [1.54, 1.807) is 0 Å². The van der Waals surface area contributed by atoms with Crippen LogP contribution in [0.1, 0.15) is 22.9 Å². The number of benzene rings is 7. The lowest BCUT2D eigenvalue weighted by atomic mass is 9.87. The molecule has 0 bridgehead atoms. The summed E-state index contributed by atoms with van der Waals surface area (Å²) in [7, 11) is 0. The zero-order valence-corrected chi connectivity index (χ0v) is 25.5. The van der Waals surface area contributed by atoms with Gasteiger partial charge in [0.25, 0.3) is 0 Å². The zero-order chi connectivity index (χ0) is 31.2. The smallest absolute Gasteiger partial charge is 0.169 e. The first-order valence-corrected chi connectivity index (χ1v) is 15.9. The lowest BCUT2D eigenvalue weighted by Gasteiger charge is -2.25. The number of hydrogen-bond donors (Lipinski definition) is 1. The highest BCUT2D eigenvalue weighted by Gasteiger charge is 2.25. The van der Waals surface area contributed by atoms with Crippen LogP contribution in [0.4, 0.5) is 0 Å². The van der Waals surface area contributed by atoms with E-state index in [-0.39, 0.29) is 0 Å². The largest absolute Gasteiger partial charge is 0.456 e. The summed E-state index contributed by atoms with van der Waals surface area (Å²) in [5.41, 5.74) is 9.81. The summed E-state index contributed by atoms with van der Waals surface area (Å²) in [6, 6.07) is 56.8. The van der Waals surface area contributed by atoms with Gasteiger partial charge in [-0.05, 0) is 50.7 Å². The number of hydrogen-bond acceptors (Lipinski definition) is 4. The average molecular weight is 604 g/mol. The first-order chi connectivity index (χ1) is 23.3. The van der Waals surface area contributed by atoms with E-state index in [4.69, 9.17) is 14.7 Å². The van der Waals surface area contributed by atoms with Crippen molar-refractivity contribution in [1.82, 2.24) is 5.32 Å². The van der Waals surface area contributed by atoms with Crippen LogP contribution in [0.5, 0.6) is 11.5 Å². The molecule has 0 spiro atoms. The van der Waals surface area contributed by atoms with Gasteiger partial charge in [0.05, 0.1) is 0 Å². The minimum atomic E-state index is -0.405. The molecule has 7 aromatic rings. The summed E-state index contributed by atoms with van der Waals surface area (Å²) >= 11 is 0. The molecule has 2 heterocycles. The van der Waals surface area contributed by atoms with E-state index < -0.39 is 6.17 Å². The molecule has 0 saturated heterocycles. The van der Waals surface area contributed by atoms with Crippen LogP contribution in [0.15, 0.2) is 174 Å². The molecule has 0 amide bonds. The van der Waals surface area contributed by atoms with Gasteiger partial charge < -0.3 is 10.1 Å². The van der Waals surface area contributed by atoms with Gasteiger partial charge in [-0.1, -0.05) is 152 Å². The van der Waals surface area contributed by atoms with Crippen molar-refractivity contribution >= 4 is 22.4 Å². The Balaban J connectivity index is 1.23. The Kier molecular flexibility index (Phi) is 6.50. The standard InChI is InChI=1S/C43H29N3O/c1-3-12-28(13-4-1)29-22-24-31(25-23-29)42-44-41(30-14-5-2-6-15-30)45-43(46-42)37-27-26-36-33-17-8-10-21-39(33)47-38-20-9-7-16-32(38)34-18-11-19-35(37)40(34)36/h1-27,42H,(H,44,45,46). The molecule has 9 rings (SSSR count). The van der Waals surface area contributed by atoms with E-state index in [9.17, 15) is 0 Å². The Bertz CT molecular complexity index is 2290. The maximum absolute atomic E-state index is 6.53. The van der Waals surface area contributed by atoms with Crippen LogP contribution >= 0.6 is 0 Å². The molecule has 0 radical (unpaired) electrons. The van der Waals surface area contributed by atoms with Gasteiger partial charge in [0.2, 0.25) is 0 Å². The van der Waals surface area contributed by atoms with Crippen molar-refractivity contribution in [2.24, 2.45) is 9.98 Å². The Morgan fingerprint density at radius 3 is 1.64 bits per heavy atom. The molecule has 0 saturated carbocycles. The molecule has 2 aliphatic rings. The molecule has 222 valence electrons. The number of aliphatic imine (C=N–C) groups is 2. The van der Waals surface area contributed by atoms with Crippen molar-refractivity contribution in [3.63, 3.8) is 0 Å². The normalized spacial score (nSPS) is 14.8. The second kappa shape index (κ2) is 11.3. The van der Waals surface area contributed by atoms with Gasteiger partial charge in [-0.3, -0.25) is 0 Å². The molecule has 1 atom stereocenters. The van der Waals surface area contributed by atoms with Gasteiger partial charge in [-0.2, -0.15) is 0 Å². The van der Waals surface area contributed by atoms with Crippen LogP contribution in [0.25, 0.3) is 44.2 Å². The van der Waals surface area contributed by atoms with Crippen LogP contribution in [0.2, 0.25) is 0 Å². The molecule has 0 fully saturated rings. The molecule has 1 unspecified atom stereocenters. The Labute approximate surface area is 273 Å². The van der Waals surface area contributed by atoms with E-state index in [0.29, 0.717) is 0 Å². The fourth-order valence-corrected chi connectivity index (χ4v) is 6.69. The molecule has 2 aliphatic heterocycles. The summed E-state index contributed by atoms with van der Waals surface area (Å²) in [4.78, 5) is 10.4. The molecule has 1 N–H and O–H groups in total. The minimum Gasteiger partial charge on any atom is -0.456 e. The molecular formula is C43H29N3O. The molecule has 7 aromatic carbocycles. The highest BCUT2D eigenvalue weighted by atomic mass is 16.5. The predicted octanol–water partition coefficient (Wildman–Crippen LogP) is 10.4. The van der Waals surface area contributed by atoms with Gasteiger partial charge in [0, 0.05) is 22.3 Å². The van der Waals surface area contributed by atoms with E-state index >= 15 is 0 Å². The van der Waals surface area contributed by atoms with Gasteiger partial charge in [0.1, 0.15) is 23.2 Å². The van der Waals surface area contributed by atoms with Crippen LogP contribution in [0.3, 0.4) is 0 Å². The first kappa shape index (κ1) is 27.1. The number of para-hydroxylation sites is 2. The van der Waals surface area contributed by atoms with E-state index in [0.717, 1.165) is 67.5 Å². The van der Waals surface area contributed by atoms with Gasteiger partial charge in [-0.15, -0.1) is 0 Å². The number of fused-ring (bicyclic) bond motifs is 4. The Morgan fingerprint density at radius 1 is 0.404 bits per heavy atom. The molecular weight excluding hydrogens is 574 g/mol. The zero-order valence-electron chi connectivity index (χ0n) is 25.5. The monoisotopic (exact) mass is 603 g/mol. The van der Waals surface area contributed by atoms with Crippen LogP contribution in [0, 0.1) is 0 Å². The van der Waals surface area contributed by atoms with E-state index in [2.05, 4.69) is 121 Å². The van der Waals surface area contributed by atoms with Crippen molar-refractivity contribution in [3.8, 4) is 44.9 Å². The second-order valence-corrected chi connectivity index (χ2v) is 11.8. The number of ether oxygens (including phenoxy) is 1. The average Bonchev–Trinajstić information content (AvgIpc) is 3.15. The summed E-state index contributed by atoms with van der Waals surface area (Å²) in [6.07, 6.45) is -0.405. The molecule has 0 aliphatic carbocycles. The lowest BCUT2D eigenvalue weighted by Crippen LogP contribution is -2.36. The number of amidine groups is 2. The maximum Gasteiger partial charge on any atom is 0.169 e. The fourth-order valence-electron chi connectivity index (χ4n) is 6.69. The second-order valence-electron chi connectivity index (χ2n) is 11.8. The SMILES string of the molecule is c1ccc(C2=NC(c3ccc(-c4ccccc4)cc3)N=C(c3ccc4c5c(cccc35)-c3ccccc3Oc3ccccc3-4)N2)cc1. The van der Waals surface area contributed by atoms with Crippen LogP contribution < -0.4 is 10.1 Å². The van der Waals surface area contributed by atoms with Crippen molar-refractivity contribution in [2.45, 2.75) is 6.17 Å². The van der Waals surface area contributed by atoms with Gasteiger partial charge >= 0.3 is 0 Å². The molecule has 4 heteroatoms. The summed E-state index contributed by atoms with van der Waals surface area (Å²) in [6.45, 7) is 0. The first-order valence-electron chi connectivity index (χ1n) is 15.9. The van der Waals surface area contributed by atoms with E-state index in [1.807, 2.05) is 48.5 Å². The fraction of sp³-hybridized carbons (Fsp3) is 0.0233. The maximum atomic E-state index is 6.53. The number of rotatable bonds is 4. The molecule has 4 nitrogen and oxygen atoms in total. The van der Waals surface area contributed by atoms with Crippen molar-refractivity contribution in [2.75, 3.05) is 0 Å². The summed E-state index contributed by atoms with van der Waals surface area (Å²) in [5.74, 6) is 3.27. The third-order valence-electron chi connectivity index (χ3n) is 8.97. The minimum absolute atomic E-state index is 0.405. The topological polar surface area (TPSA) is 46.0 Å².